The van der Waals surface area contributed by atoms with Gasteiger partial charge in [-0.15, -0.1) is 0 Å². The van der Waals surface area contributed by atoms with E-state index in [-0.39, 0.29) is 34.7 Å². The molecule has 4 rings (SSSR count). The first kappa shape index (κ1) is 19.1. The molecule has 0 saturated carbocycles. The van der Waals surface area contributed by atoms with Crippen molar-refractivity contribution in [1.29, 1.82) is 0 Å². The van der Waals surface area contributed by atoms with Crippen molar-refractivity contribution >= 4 is 40.1 Å². The number of imidazole rings is 1. The molecule has 2 aromatic heterocycles. The molecular weight excluding hydrogens is 398 g/mol. The van der Waals surface area contributed by atoms with Crippen molar-refractivity contribution in [2.24, 2.45) is 14.1 Å². The Balaban J connectivity index is 1.74. The molecule has 0 unspecified atom stereocenters. The van der Waals surface area contributed by atoms with Gasteiger partial charge in [-0.2, -0.15) is 4.98 Å². The van der Waals surface area contributed by atoms with Crippen molar-refractivity contribution in [2.45, 2.75) is 19.4 Å². The van der Waals surface area contributed by atoms with Crippen LogP contribution in [0.3, 0.4) is 0 Å². The molecule has 1 aromatic carbocycles. The number of carbonyl (C=O) groups is 2. The topological polar surface area (TPSA) is 99.2 Å². The lowest BCUT2D eigenvalue weighted by atomic mass is 10.1. The minimum atomic E-state index is -0.577. The van der Waals surface area contributed by atoms with Crippen molar-refractivity contribution in [3.8, 4) is 0 Å². The Morgan fingerprint density at radius 3 is 2.62 bits per heavy atom. The van der Waals surface area contributed by atoms with Gasteiger partial charge in [-0.3, -0.25) is 23.5 Å². The van der Waals surface area contributed by atoms with Crippen LogP contribution in [0.15, 0.2) is 33.9 Å². The molecule has 0 radical (unpaired) electrons. The Morgan fingerprint density at radius 1 is 1.17 bits per heavy atom. The molecule has 3 aromatic rings. The van der Waals surface area contributed by atoms with Gasteiger partial charge in [-0.1, -0.05) is 12.1 Å². The SMILES string of the molecule is Cn1c(=O)c2c(nc(Cl)n2CC(=O)c2cccc(N3CCCC3=O)c2)n(C)c1=O. The van der Waals surface area contributed by atoms with Crippen LogP contribution in [0.2, 0.25) is 5.28 Å². The minimum absolute atomic E-state index is 0.0302. The first-order valence-electron chi connectivity index (χ1n) is 9.05. The van der Waals surface area contributed by atoms with Crippen molar-refractivity contribution in [1.82, 2.24) is 18.7 Å². The van der Waals surface area contributed by atoms with Crippen molar-refractivity contribution < 1.29 is 9.59 Å². The summed E-state index contributed by atoms with van der Waals surface area (Å²) in [4.78, 5) is 55.3. The highest BCUT2D eigenvalue weighted by molar-refractivity contribution is 6.29. The van der Waals surface area contributed by atoms with E-state index in [2.05, 4.69) is 4.98 Å². The molecule has 3 heterocycles. The quantitative estimate of drug-likeness (QED) is 0.469. The van der Waals surface area contributed by atoms with Crippen molar-refractivity contribution in [2.75, 3.05) is 11.4 Å². The maximum absolute atomic E-state index is 12.9. The van der Waals surface area contributed by atoms with Crippen LogP contribution in [0.1, 0.15) is 23.2 Å². The minimum Gasteiger partial charge on any atom is -0.312 e. The Kier molecular flexibility index (Phi) is 4.62. The highest BCUT2D eigenvalue weighted by atomic mass is 35.5. The summed E-state index contributed by atoms with van der Waals surface area (Å²) in [5.74, 6) is -0.265. The highest BCUT2D eigenvalue weighted by Gasteiger charge is 2.23. The van der Waals surface area contributed by atoms with E-state index in [0.717, 1.165) is 11.0 Å². The average molecular weight is 416 g/mol. The van der Waals surface area contributed by atoms with E-state index in [4.69, 9.17) is 11.6 Å². The summed E-state index contributed by atoms with van der Waals surface area (Å²) in [5.41, 5.74) is 0.149. The van der Waals surface area contributed by atoms with Crippen LogP contribution < -0.4 is 16.1 Å². The number of aryl methyl sites for hydroxylation is 1. The molecule has 0 N–H and O–H groups in total. The Morgan fingerprint density at radius 2 is 1.93 bits per heavy atom. The van der Waals surface area contributed by atoms with Crippen LogP contribution >= 0.6 is 11.6 Å². The summed E-state index contributed by atoms with van der Waals surface area (Å²) in [5, 5.41) is -0.0578. The van der Waals surface area contributed by atoms with Gasteiger partial charge in [0.25, 0.3) is 5.56 Å². The molecule has 9 nitrogen and oxygen atoms in total. The fourth-order valence-electron chi connectivity index (χ4n) is 3.57. The molecule has 1 aliphatic heterocycles. The van der Waals surface area contributed by atoms with E-state index in [0.29, 0.717) is 24.2 Å². The van der Waals surface area contributed by atoms with Crippen LogP contribution in [0.5, 0.6) is 0 Å². The predicted octanol–water partition coefficient (Wildman–Crippen LogP) is 1.10. The van der Waals surface area contributed by atoms with Crippen molar-refractivity contribution in [3.05, 3.63) is 56.0 Å². The number of anilines is 1. The molecular formula is C19H18ClN5O4. The Bertz CT molecular complexity index is 1290. The van der Waals surface area contributed by atoms with Gasteiger partial charge < -0.3 is 9.47 Å². The number of amides is 1. The first-order chi connectivity index (χ1) is 13.8. The van der Waals surface area contributed by atoms with Crippen LogP contribution in [-0.2, 0) is 25.4 Å². The number of halogens is 1. The number of hydrogen-bond acceptors (Lipinski definition) is 5. The summed E-state index contributed by atoms with van der Waals surface area (Å²) >= 11 is 6.19. The average Bonchev–Trinajstić information content (AvgIpc) is 3.28. The zero-order chi connectivity index (χ0) is 20.9. The van der Waals surface area contributed by atoms with Crippen molar-refractivity contribution in [3.63, 3.8) is 0 Å². The lowest BCUT2D eigenvalue weighted by molar-refractivity contribution is -0.117. The molecule has 0 bridgehead atoms. The number of ketones is 1. The second-order valence-corrected chi connectivity index (χ2v) is 7.31. The standard InChI is InChI=1S/C19H18ClN5O4/c1-22-16-15(17(28)23(2)19(22)29)25(18(20)21-16)10-13(26)11-5-3-6-12(9-11)24-8-4-7-14(24)27/h3,5-6,9H,4,7-8,10H2,1-2H3. The third kappa shape index (κ3) is 3.07. The van der Waals surface area contributed by atoms with E-state index in [1.54, 1.807) is 29.2 Å². The number of benzene rings is 1. The lowest BCUT2D eigenvalue weighted by Crippen LogP contribution is -2.37. The van der Waals surface area contributed by atoms with Gasteiger partial charge in [0.15, 0.2) is 16.9 Å². The van der Waals surface area contributed by atoms with E-state index in [1.807, 2.05) is 0 Å². The number of nitrogens with zero attached hydrogens (tertiary/aromatic N) is 5. The molecule has 1 amide bonds. The summed E-state index contributed by atoms with van der Waals surface area (Å²) in [6.45, 7) is 0.401. The molecule has 29 heavy (non-hydrogen) atoms. The highest BCUT2D eigenvalue weighted by Crippen LogP contribution is 2.23. The van der Waals surface area contributed by atoms with E-state index in [1.165, 1.54) is 23.2 Å². The van der Waals surface area contributed by atoms with Gasteiger partial charge in [0.1, 0.15) is 0 Å². The zero-order valence-corrected chi connectivity index (χ0v) is 16.6. The second-order valence-electron chi connectivity index (χ2n) is 6.97. The van der Waals surface area contributed by atoms with Gasteiger partial charge in [0.2, 0.25) is 11.2 Å². The monoisotopic (exact) mass is 415 g/mol. The summed E-state index contributed by atoms with van der Waals surface area (Å²) < 4.78 is 3.46. The molecule has 0 spiro atoms. The third-order valence-electron chi connectivity index (χ3n) is 5.16. The molecule has 1 aliphatic rings. The second kappa shape index (κ2) is 7.00. The van der Waals surface area contributed by atoms with Crippen LogP contribution in [0.25, 0.3) is 11.2 Å². The maximum atomic E-state index is 12.9. The molecule has 0 atom stereocenters. The smallest absolute Gasteiger partial charge is 0.312 e. The van der Waals surface area contributed by atoms with Gasteiger partial charge in [0, 0.05) is 38.3 Å². The lowest BCUT2D eigenvalue weighted by Gasteiger charge is -2.16. The largest absolute Gasteiger partial charge is 0.332 e. The number of aromatic nitrogens is 4. The first-order valence-corrected chi connectivity index (χ1v) is 9.42. The van der Waals surface area contributed by atoms with Crippen LogP contribution in [-0.4, -0.2) is 36.9 Å². The van der Waals surface area contributed by atoms with Crippen LogP contribution in [0, 0.1) is 0 Å². The van der Waals surface area contributed by atoms with E-state index >= 15 is 0 Å². The van der Waals surface area contributed by atoms with Gasteiger partial charge in [0.05, 0.1) is 6.54 Å². The third-order valence-corrected chi connectivity index (χ3v) is 5.44. The summed E-state index contributed by atoms with van der Waals surface area (Å²) in [7, 11) is 2.84. The number of Topliss-reactive ketones (excluding diaryl/α,β-unsaturated/α-hetero) is 1. The number of rotatable bonds is 4. The van der Waals surface area contributed by atoms with Gasteiger partial charge in [-0.05, 0) is 30.2 Å². The number of carbonyl (C=O) groups excluding carboxylic acids is 2. The normalized spacial score (nSPS) is 14.2. The van der Waals surface area contributed by atoms with Crippen LogP contribution in [0.4, 0.5) is 5.69 Å². The predicted molar refractivity (Wildman–Crippen MR) is 108 cm³/mol. The van der Waals surface area contributed by atoms with Gasteiger partial charge in [-0.25, -0.2) is 4.79 Å². The molecule has 0 aliphatic carbocycles. The number of fused-ring (bicyclic) bond motifs is 1. The fraction of sp³-hybridized carbons (Fsp3) is 0.316. The molecule has 150 valence electrons. The Labute approximate surface area is 169 Å². The molecule has 1 fully saturated rings. The molecule has 1 saturated heterocycles. The summed E-state index contributed by atoms with van der Waals surface area (Å²) in [6.07, 6.45) is 1.28. The Hall–Kier alpha value is -3.20. The summed E-state index contributed by atoms with van der Waals surface area (Å²) in [6, 6.07) is 6.80. The van der Waals surface area contributed by atoms with E-state index < -0.39 is 11.2 Å². The number of hydrogen-bond donors (Lipinski definition) is 0. The van der Waals surface area contributed by atoms with Gasteiger partial charge >= 0.3 is 5.69 Å². The van der Waals surface area contributed by atoms with E-state index in [9.17, 15) is 19.2 Å². The maximum Gasteiger partial charge on any atom is 0.332 e. The molecule has 10 heteroatoms. The fourth-order valence-corrected chi connectivity index (χ4v) is 3.79. The zero-order valence-electron chi connectivity index (χ0n) is 15.9.